The lowest BCUT2D eigenvalue weighted by molar-refractivity contribution is 0.100. The molecule has 0 aliphatic carbocycles. The first-order valence-electron chi connectivity index (χ1n) is 5.03. The van der Waals surface area contributed by atoms with E-state index in [1.54, 1.807) is 23.9 Å². The van der Waals surface area contributed by atoms with E-state index in [0.717, 1.165) is 17.4 Å². The van der Waals surface area contributed by atoms with Gasteiger partial charge in [-0.15, -0.1) is 0 Å². The van der Waals surface area contributed by atoms with E-state index in [1.165, 1.54) is 0 Å². The van der Waals surface area contributed by atoms with Crippen molar-refractivity contribution in [2.45, 2.75) is 12.2 Å². The molecular weight excluding hydrogens is 222 g/mol. The van der Waals surface area contributed by atoms with E-state index in [1.807, 2.05) is 12.1 Å². The van der Waals surface area contributed by atoms with Gasteiger partial charge in [0.2, 0.25) is 5.91 Å². The van der Waals surface area contributed by atoms with Crippen molar-refractivity contribution in [2.75, 3.05) is 11.9 Å². The van der Waals surface area contributed by atoms with Gasteiger partial charge in [0.15, 0.2) is 5.17 Å². The Morgan fingerprint density at radius 1 is 1.50 bits per heavy atom. The number of nitrogens with two attached hydrogens (primary N) is 1. The highest BCUT2D eigenvalue weighted by Gasteiger charge is 2.14. The molecule has 16 heavy (non-hydrogen) atoms. The van der Waals surface area contributed by atoms with Crippen molar-refractivity contribution < 1.29 is 4.79 Å². The molecule has 5 heteroatoms. The van der Waals surface area contributed by atoms with E-state index in [9.17, 15) is 4.79 Å². The lowest BCUT2D eigenvalue weighted by Crippen LogP contribution is -2.11. The van der Waals surface area contributed by atoms with Crippen LogP contribution in [0.5, 0.6) is 0 Å². The number of hydrogen-bond donors (Lipinski definition) is 2. The lowest BCUT2D eigenvalue weighted by atomic mass is 10.2. The van der Waals surface area contributed by atoms with Crippen LogP contribution in [-0.4, -0.2) is 22.9 Å². The topological polar surface area (TPSA) is 67.5 Å². The van der Waals surface area contributed by atoms with Gasteiger partial charge < -0.3 is 11.1 Å². The highest BCUT2D eigenvalue weighted by molar-refractivity contribution is 8.15. The minimum Gasteiger partial charge on any atom is -0.366 e. The number of primary amides is 1. The number of anilines is 1. The molecule has 0 radical (unpaired) electrons. The number of benzene rings is 1. The zero-order valence-corrected chi connectivity index (χ0v) is 9.75. The molecular formula is C11H13N3OS. The van der Waals surface area contributed by atoms with Gasteiger partial charge >= 0.3 is 0 Å². The van der Waals surface area contributed by atoms with Crippen LogP contribution in [0.2, 0.25) is 0 Å². The Labute approximate surface area is 98.3 Å². The first-order valence-corrected chi connectivity index (χ1v) is 5.91. The van der Waals surface area contributed by atoms with Crippen LogP contribution in [0.25, 0.3) is 0 Å². The summed E-state index contributed by atoms with van der Waals surface area (Å²) in [6.45, 7) is 2.99. The number of amidine groups is 1. The molecule has 0 bridgehead atoms. The molecule has 1 amide bonds. The van der Waals surface area contributed by atoms with Crippen LogP contribution in [0.3, 0.4) is 0 Å². The van der Waals surface area contributed by atoms with Gasteiger partial charge in [0, 0.05) is 16.5 Å². The number of aliphatic imine (C=N–C) groups is 1. The summed E-state index contributed by atoms with van der Waals surface area (Å²) < 4.78 is 0. The highest BCUT2D eigenvalue weighted by Crippen LogP contribution is 2.22. The van der Waals surface area contributed by atoms with Gasteiger partial charge in [-0.05, 0) is 24.3 Å². The Balaban J connectivity index is 2.03. The van der Waals surface area contributed by atoms with Crippen LogP contribution in [0.1, 0.15) is 17.3 Å². The van der Waals surface area contributed by atoms with Gasteiger partial charge in [-0.2, -0.15) is 0 Å². The summed E-state index contributed by atoms with van der Waals surface area (Å²) in [6, 6.07) is 7.06. The number of hydrogen-bond acceptors (Lipinski definition) is 4. The van der Waals surface area contributed by atoms with Crippen LogP contribution >= 0.6 is 11.8 Å². The minimum absolute atomic E-state index is 0.409. The molecule has 0 spiro atoms. The molecule has 0 saturated carbocycles. The fraction of sp³-hybridized carbons (Fsp3) is 0.273. The normalized spacial score (nSPS) is 19.3. The number of nitrogens with one attached hydrogen (secondary N) is 1. The van der Waals surface area contributed by atoms with Gasteiger partial charge in [0.05, 0.1) is 6.54 Å². The Bertz CT molecular complexity index is 427. The van der Waals surface area contributed by atoms with Crippen molar-refractivity contribution in [1.29, 1.82) is 0 Å². The van der Waals surface area contributed by atoms with E-state index in [0.29, 0.717) is 10.8 Å². The van der Waals surface area contributed by atoms with Crippen molar-refractivity contribution in [1.82, 2.24) is 0 Å². The SMILES string of the molecule is CC1CN=C(Nc2ccc(C(N)=O)cc2)S1. The molecule has 1 aliphatic heterocycles. The average Bonchev–Trinajstić information content (AvgIpc) is 2.65. The summed E-state index contributed by atoms with van der Waals surface area (Å²) >= 11 is 1.72. The molecule has 0 aromatic heterocycles. The molecule has 84 valence electrons. The zero-order chi connectivity index (χ0) is 11.5. The third kappa shape index (κ3) is 2.55. The van der Waals surface area contributed by atoms with Crippen LogP contribution in [0.15, 0.2) is 29.3 Å². The van der Waals surface area contributed by atoms with Crippen LogP contribution in [0.4, 0.5) is 5.69 Å². The zero-order valence-electron chi connectivity index (χ0n) is 8.93. The molecule has 1 aromatic rings. The fourth-order valence-electron chi connectivity index (χ4n) is 1.39. The number of carbonyl (C=O) groups excluding carboxylic acids is 1. The van der Waals surface area contributed by atoms with Crippen LogP contribution in [-0.2, 0) is 0 Å². The summed E-state index contributed by atoms with van der Waals surface area (Å²) in [7, 11) is 0. The second-order valence-electron chi connectivity index (χ2n) is 3.64. The summed E-state index contributed by atoms with van der Waals surface area (Å²) in [4.78, 5) is 15.2. The monoisotopic (exact) mass is 235 g/mol. The molecule has 0 fully saturated rings. The minimum atomic E-state index is -0.409. The predicted molar refractivity (Wildman–Crippen MR) is 67.9 cm³/mol. The Hall–Kier alpha value is -1.49. The number of nitrogens with zero attached hydrogens (tertiary/aromatic N) is 1. The summed E-state index contributed by atoms with van der Waals surface area (Å²) in [5.41, 5.74) is 6.59. The molecule has 1 unspecified atom stereocenters. The van der Waals surface area contributed by atoms with Crippen molar-refractivity contribution in [3.8, 4) is 0 Å². The summed E-state index contributed by atoms with van der Waals surface area (Å²) in [5.74, 6) is -0.409. The van der Waals surface area contributed by atoms with E-state index >= 15 is 0 Å². The predicted octanol–water partition coefficient (Wildman–Crippen LogP) is 1.69. The second-order valence-corrected chi connectivity index (χ2v) is 5.07. The largest absolute Gasteiger partial charge is 0.366 e. The molecule has 1 aliphatic rings. The van der Waals surface area contributed by atoms with Gasteiger partial charge in [0.1, 0.15) is 0 Å². The van der Waals surface area contributed by atoms with Crippen LogP contribution in [0, 0.1) is 0 Å². The van der Waals surface area contributed by atoms with Crippen molar-refractivity contribution in [3.05, 3.63) is 29.8 Å². The molecule has 1 heterocycles. The Morgan fingerprint density at radius 3 is 2.69 bits per heavy atom. The first-order chi connectivity index (χ1) is 7.65. The first kappa shape index (κ1) is 11.0. The third-order valence-electron chi connectivity index (χ3n) is 2.23. The smallest absolute Gasteiger partial charge is 0.248 e. The van der Waals surface area contributed by atoms with Crippen molar-refractivity contribution >= 4 is 28.5 Å². The van der Waals surface area contributed by atoms with Crippen LogP contribution < -0.4 is 11.1 Å². The maximum absolute atomic E-state index is 10.9. The summed E-state index contributed by atoms with van der Waals surface area (Å²) in [6.07, 6.45) is 0. The molecule has 2 rings (SSSR count). The van der Waals surface area contributed by atoms with Gasteiger partial charge in [-0.25, -0.2) is 0 Å². The maximum Gasteiger partial charge on any atom is 0.248 e. The molecule has 1 atom stereocenters. The molecule has 0 saturated heterocycles. The van der Waals surface area contributed by atoms with Crippen molar-refractivity contribution in [3.63, 3.8) is 0 Å². The Kier molecular flexibility index (Phi) is 3.14. The number of carbonyl (C=O) groups is 1. The highest BCUT2D eigenvalue weighted by atomic mass is 32.2. The van der Waals surface area contributed by atoms with Crippen molar-refractivity contribution in [2.24, 2.45) is 10.7 Å². The van der Waals surface area contributed by atoms with E-state index in [-0.39, 0.29) is 0 Å². The van der Waals surface area contributed by atoms with E-state index < -0.39 is 5.91 Å². The van der Waals surface area contributed by atoms with Gasteiger partial charge in [-0.3, -0.25) is 9.79 Å². The van der Waals surface area contributed by atoms with Gasteiger partial charge in [-0.1, -0.05) is 18.7 Å². The molecule has 1 aromatic carbocycles. The number of thioether (sulfide) groups is 1. The maximum atomic E-state index is 10.9. The molecule has 3 N–H and O–H groups in total. The lowest BCUT2D eigenvalue weighted by Gasteiger charge is -2.06. The Morgan fingerprint density at radius 2 is 2.19 bits per heavy atom. The van der Waals surface area contributed by atoms with Gasteiger partial charge in [0.25, 0.3) is 0 Å². The number of amides is 1. The van der Waals surface area contributed by atoms with E-state index in [4.69, 9.17) is 5.73 Å². The number of rotatable bonds is 2. The summed E-state index contributed by atoms with van der Waals surface area (Å²) in [5, 5.41) is 4.66. The standard InChI is InChI=1S/C11H13N3OS/c1-7-6-13-11(16-7)14-9-4-2-8(3-5-9)10(12)15/h2-5,7H,6H2,1H3,(H2,12,15)(H,13,14). The molecule has 4 nitrogen and oxygen atoms in total. The quantitative estimate of drug-likeness (QED) is 0.819. The fourth-order valence-corrected chi connectivity index (χ4v) is 2.24. The van der Waals surface area contributed by atoms with E-state index in [2.05, 4.69) is 17.2 Å². The second kappa shape index (κ2) is 4.57. The third-order valence-corrected chi connectivity index (χ3v) is 3.23. The average molecular weight is 235 g/mol.